The molecule has 0 aromatic carbocycles. The van der Waals surface area contributed by atoms with Gasteiger partial charge in [0.2, 0.25) is 0 Å². The number of nitrogens with zero attached hydrogens (tertiary/aromatic N) is 5. The van der Waals surface area contributed by atoms with Crippen molar-refractivity contribution in [1.82, 2.24) is 19.9 Å². The van der Waals surface area contributed by atoms with E-state index in [9.17, 15) is 0 Å². The third kappa shape index (κ3) is 2.27. The van der Waals surface area contributed by atoms with Crippen molar-refractivity contribution >= 4 is 16.7 Å². The van der Waals surface area contributed by atoms with E-state index in [1.807, 2.05) is 31.6 Å². The van der Waals surface area contributed by atoms with E-state index in [-0.39, 0.29) is 0 Å². The first kappa shape index (κ1) is 13.6. The van der Waals surface area contributed by atoms with Crippen molar-refractivity contribution in [2.75, 3.05) is 25.0 Å². The van der Waals surface area contributed by atoms with Gasteiger partial charge in [0, 0.05) is 49.7 Å². The summed E-state index contributed by atoms with van der Waals surface area (Å²) in [5.74, 6) is 0. The fourth-order valence-corrected chi connectivity index (χ4v) is 2.93. The minimum absolute atomic E-state index is 0.293. The lowest BCUT2D eigenvalue weighted by atomic mass is 10.0. The van der Waals surface area contributed by atoms with E-state index in [0.717, 1.165) is 40.9 Å². The molecule has 0 saturated carbocycles. The Hall–Kier alpha value is -3.07. The van der Waals surface area contributed by atoms with Crippen molar-refractivity contribution in [2.24, 2.45) is 0 Å². The van der Waals surface area contributed by atoms with Crippen molar-refractivity contribution in [3.8, 4) is 17.3 Å². The van der Waals surface area contributed by atoms with Gasteiger partial charge in [0.25, 0.3) is 0 Å². The van der Waals surface area contributed by atoms with Gasteiger partial charge >= 0.3 is 0 Å². The van der Waals surface area contributed by atoms with Crippen molar-refractivity contribution in [2.45, 2.75) is 6.04 Å². The molecule has 0 spiro atoms. The Labute approximate surface area is 134 Å². The maximum atomic E-state index is 8.94. The predicted molar refractivity (Wildman–Crippen MR) is 88.7 cm³/mol. The average molecular weight is 304 g/mol. The van der Waals surface area contributed by atoms with E-state index in [1.54, 1.807) is 17.3 Å². The molecule has 0 unspecified atom stereocenters. The highest BCUT2D eigenvalue weighted by Gasteiger charge is 2.30. The molecule has 4 rings (SSSR count). The van der Waals surface area contributed by atoms with Crippen LogP contribution in [0.3, 0.4) is 0 Å². The van der Waals surface area contributed by atoms with E-state index < -0.39 is 0 Å². The monoisotopic (exact) mass is 304 g/mol. The number of aromatic amines is 1. The van der Waals surface area contributed by atoms with Crippen molar-refractivity contribution in [3.63, 3.8) is 0 Å². The number of aromatic nitrogens is 3. The van der Waals surface area contributed by atoms with Crippen LogP contribution in [-0.2, 0) is 0 Å². The number of hydrogen-bond donors (Lipinski definition) is 1. The number of hydrogen-bond acceptors (Lipinski definition) is 5. The number of rotatable bonds is 3. The summed E-state index contributed by atoms with van der Waals surface area (Å²) in [7, 11) is 1.83. The average Bonchev–Trinajstić information content (AvgIpc) is 2.97. The lowest BCUT2D eigenvalue weighted by Gasteiger charge is -2.43. The second-order valence-electron chi connectivity index (χ2n) is 5.80. The van der Waals surface area contributed by atoms with Gasteiger partial charge in [-0.2, -0.15) is 5.26 Å². The second-order valence-corrected chi connectivity index (χ2v) is 5.80. The molecule has 1 aliphatic heterocycles. The van der Waals surface area contributed by atoms with Crippen LogP contribution < -0.4 is 4.90 Å². The Morgan fingerprint density at radius 1 is 1.35 bits per heavy atom. The highest BCUT2D eigenvalue weighted by atomic mass is 15.3. The van der Waals surface area contributed by atoms with Crippen LogP contribution >= 0.6 is 0 Å². The first-order chi connectivity index (χ1) is 11.3. The van der Waals surface area contributed by atoms with Crippen LogP contribution in [0, 0.1) is 11.5 Å². The van der Waals surface area contributed by atoms with Gasteiger partial charge in [0.1, 0.15) is 5.65 Å². The minimum Gasteiger partial charge on any atom is -0.366 e. The normalized spacial score (nSPS) is 14.5. The third-order valence-electron chi connectivity index (χ3n) is 4.44. The highest BCUT2D eigenvalue weighted by molar-refractivity contribution is 5.95. The van der Waals surface area contributed by atoms with Crippen molar-refractivity contribution in [3.05, 3.63) is 43.0 Å². The highest BCUT2D eigenvalue weighted by Crippen LogP contribution is 2.31. The number of anilines is 1. The molecule has 114 valence electrons. The molecule has 4 heterocycles. The molecule has 6 nitrogen and oxygen atoms in total. The summed E-state index contributed by atoms with van der Waals surface area (Å²) in [5, 5.41) is 10.0. The maximum absolute atomic E-state index is 8.94. The number of nitrogens with one attached hydrogen (secondary N) is 1. The van der Waals surface area contributed by atoms with Crippen LogP contribution in [0.15, 0.2) is 43.0 Å². The zero-order valence-electron chi connectivity index (χ0n) is 12.8. The van der Waals surface area contributed by atoms with Crippen LogP contribution in [0.4, 0.5) is 5.69 Å². The Kier molecular flexibility index (Phi) is 3.12. The van der Waals surface area contributed by atoms with Crippen molar-refractivity contribution < 1.29 is 0 Å². The van der Waals surface area contributed by atoms with Gasteiger partial charge in [0.05, 0.1) is 17.9 Å². The smallest absolute Gasteiger partial charge is 0.179 e. The zero-order chi connectivity index (χ0) is 15.8. The molecule has 1 fully saturated rings. The Bertz CT molecular complexity index is 873. The molecule has 0 bridgehead atoms. The van der Waals surface area contributed by atoms with E-state index in [0.29, 0.717) is 6.04 Å². The predicted octanol–water partition coefficient (Wildman–Crippen LogP) is 2.23. The van der Waals surface area contributed by atoms with Crippen LogP contribution in [-0.4, -0.2) is 46.0 Å². The van der Waals surface area contributed by atoms with Gasteiger partial charge in [-0.3, -0.25) is 4.98 Å². The van der Waals surface area contributed by atoms with Crippen LogP contribution in [0.5, 0.6) is 0 Å². The second kappa shape index (κ2) is 5.29. The molecule has 0 amide bonds. The summed E-state index contributed by atoms with van der Waals surface area (Å²) in [6.45, 7) is 1.71. The standard InChI is InChI=1S/C17H16N6/c1-22(11-18)14-9-23(10-14)13-6-15-16(8-21-17(15)20-7-13)12-2-4-19-5-3-12/h2-8,14H,9-10H2,1H3,(H,20,21). The Morgan fingerprint density at radius 3 is 2.87 bits per heavy atom. The van der Waals surface area contributed by atoms with E-state index >= 15 is 0 Å². The first-order valence-corrected chi connectivity index (χ1v) is 7.51. The molecule has 1 saturated heterocycles. The fourth-order valence-electron chi connectivity index (χ4n) is 2.93. The molecule has 1 N–H and O–H groups in total. The van der Waals surface area contributed by atoms with Crippen LogP contribution in [0.25, 0.3) is 22.2 Å². The molecule has 1 aliphatic rings. The Morgan fingerprint density at radius 2 is 2.13 bits per heavy atom. The Balaban J connectivity index is 1.65. The summed E-state index contributed by atoms with van der Waals surface area (Å²) in [6, 6.07) is 6.45. The summed E-state index contributed by atoms with van der Waals surface area (Å²) in [6.07, 6.45) is 9.64. The molecule has 0 aliphatic carbocycles. The van der Waals surface area contributed by atoms with E-state index in [4.69, 9.17) is 5.26 Å². The largest absolute Gasteiger partial charge is 0.366 e. The maximum Gasteiger partial charge on any atom is 0.179 e. The molecule has 0 atom stereocenters. The zero-order valence-corrected chi connectivity index (χ0v) is 12.8. The summed E-state index contributed by atoms with van der Waals surface area (Å²) < 4.78 is 0. The molecule has 23 heavy (non-hydrogen) atoms. The molecule has 3 aromatic rings. The lowest BCUT2D eigenvalue weighted by molar-refractivity contribution is 0.286. The number of pyridine rings is 2. The van der Waals surface area contributed by atoms with E-state index in [2.05, 4.69) is 32.1 Å². The van der Waals surface area contributed by atoms with Gasteiger partial charge in [0.15, 0.2) is 6.19 Å². The molecule has 3 aromatic heterocycles. The topological polar surface area (TPSA) is 71.8 Å². The minimum atomic E-state index is 0.293. The third-order valence-corrected chi connectivity index (χ3v) is 4.44. The molecular formula is C17H16N6. The number of likely N-dealkylation sites (N-methyl/N-ethyl adjacent to an activating group) is 1. The quantitative estimate of drug-likeness (QED) is 0.593. The van der Waals surface area contributed by atoms with Crippen LogP contribution in [0.2, 0.25) is 0 Å². The van der Waals surface area contributed by atoms with E-state index in [1.165, 1.54) is 0 Å². The number of nitriles is 1. The number of fused-ring (bicyclic) bond motifs is 1. The van der Waals surface area contributed by atoms with Gasteiger partial charge in [-0.15, -0.1) is 0 Å². The summed E-state index contributed by atoms with van der Waals surface area (Å²) in [4.78, 5) is 15.8. The molecule has 0 radical (unpaired) electrons. The first-order valence-electron chi connectivity index (χ1n) is 7.51. The number of H-pyrrole nitrogens is 1. The summed E-state index contributed by atoms with van der Waals surface area (Å²) >= 11 is 0. The SMILES string of the molecule is CN(C#N)C1CN(c2cnc3[nH]cc(-c4ccncc4)c3c2)C1. The van der Waals surface area contributed by atoms with Gasteiger partial charge in [-0.05, 0) is 23.8 Å². The van der Waals surface area contributed by atoms with Gasteiger partial charge in [-0.25, -0.2) is 4.98 Å². The van der Waals surface area contributed by atoms with Gasteiger partial charge < -0.3 is 14.8 Å². The lowest BCUT2D eigenvalue weighted by Crippen LogP contribution is -2.57. The summed E-state index contributed by atoms with van der Waals surface area (Å²) in [5.41, 5.74) is 4.22. The van der Waals surface area contributed by atoms with Crippen molar-refractivity contribution in [1.29, 1.82) is 5.26 Å². The van der Waals surface area contributed by atoms with Crippen LogP contribution in [0.1, 0.15) is 0 Å². The fraction of sp³-hybridized carbons (Fsp3) is 0.235. The molecule has 6 heteroatoms. The molecular weight excluding hydrogens is 288 g/mol. The van der Waals surface area contributed by atoms with Gasteiger partial charge in [-0.1, -0.05) is 0 Å².